The first-order chi connectivity index (χ1) is 29.3. The maximum absolute atomic E-state index is 2.42. The van der Waals surface area contributed by atoms with Crippen molar-refractivity contribution in [2.75, 3.05) is 4.90 Å². The van der Waals surface area contributed by atoms with Crippen LogP contribution in [0.15, 0.2) is 224 Å². The van der Waals surface area contributed by atoms with E-state index < -0.39 is 0 Å². The highest BCUT2D eigenvalue weighted by molar-refractivity contribution is 6.38. The van der Waals surface area contributed by atoms with E-state index in [1.807, 2.05) is 0 Å². The molecule has 0 aromatic heterocycles. The maximum Gasteiger partial charge on any atom is 0.0467 e. The van der Waals surface area contributed by atoms with Gasteiger partial charge >= 0.3 is 0 Å². The highest BCUT2D eigenvalue weighted by Crippen LogP contribution is 2.46. The maximum atomic E-state index is 2.42. The third kappa shape index (κ3) is 5.40. The van der Waals surface area contributed by atoms with E-state index in [0.717, 1.165) is 17.1 Å². The Kier molecular flexibility index (Phi) is 7.61. The average molecular weight is 748 g/mol. The molecule has 12 aromatic rings. The molecule has 0 aliphatic heterocycles. The molecule has 1 nitrogen and oxygen atoms in total. The predicted molar refractivity (Wildman–Crippen MR) is 254 cm³/mol. The summed E-state index contributed by atoms with van der Waals surface area (Å²) in [5, 5.41) is 15.5. The summed E-state index contributed by atoms with van der Waals surface area (Å²) in [6.07, 6.45) is 0. The molecule has 0 unspecified atom stereocenters. The van der Waals surface area contributed by atoms with Gasteiger partial charge in [-0.3, -0.25) is 0 Å². The molecule has 0 fully saturated rings. The van der Waals surface area contributed by atoms with E-state index in [1.165, 1.54) is 98.0 Å². The zero-order valence-corrected chi connectivity index (χ0v) is 32.3. The molecule has 0 aliphatic carbocycles. The van der Waals surface area contributed by atoms with Crippen LogP contribution in [0.4, 0.5) is 17.1 Å². The first kappa shape index (κ1) is 33.4. The molecule has 59 heavy (non-hydrogen) atoms. The van der Waals surface area contributed by atoms with Crippen LogP contribution in [0.5, 0.6) is 0 Å². The zero-order chi connectivity index (χ0) is 38.9. The van der Waals surface area contributed by atoms with Gasteiger partial charge in [-0.2, -0.15) is 0 Å². The van der Waals surface area contributed by atoms with Crippen molar-refractivity contribution >= 4 is 81.7 Å². The third-order valence-electron chi connectivity index (χ3n) is 12.3. The second kappa shape index (κ2) is 13.4. The number of fused-ring (bicyclic) bond motifs is 2. The number of benzene rings is 11. The number of nitrogens with zero attached hydrogens (tertiary/aromatic N) is 1. The summed E-state index contributed by atoms with van der Waals surface area (Å²) in [4.78, 5) is 2.39. The van der Waals surface area contributed by atoms with Crippen molar-refractivity contribution in [3.05, 3.63) is 224 Å². The molecule has 1 heteroatoms. The van der Waals surface area contributed by atoms with Crippen molar-refractivity contribution < 1.29 is 0 Å². The summed E-state index contributed by atoms with van der Waals surface area (Å²) in [6.45, 7) is 0. The van der Waals surface area contributed by atoms with E-state index in [4.69, 9.17) is 0 Å². The Morgan fingerprint density at radius 3 is 1.17 bits per heavy atom. The van der Waals surface area contributed by atoms with Crippen LogP contribution in [0.2, 0.25) is 0 Å². The average Bonchev–Trinajstić information content (AvgIpc) is 3.31. The van der Waals surface area contributed by atoms with Gasteiger partial charge in [0.1, 0.15) is 0 Å². The Hall–Kier alpha value is -7.74. The second-order valence-corrected chi connectivity index (χ2v) is 15.6. The summed E-state index contributed by atoms with van der Waals surface area (Å²) in [6, 6.07) is 82.6. The van der Waals surface area contributed by atoms with Crippen LogP contribution >= 0.6 is 0 Å². The number of anilines is 3. The molecule has 0 N–H and O–H groups in total. The van der Waals surface area contributed by atoms with Gasteiger partial charge in [-0.15, -0.1) is 0 Å². The molecule has 0 saturated heterocycles. The van der Waals surface area contributed by atoms with E-state index in [1.54, 1.807) is 0 Å². The molecule has 0 saturated carbocycles. The fourth-order valence-corrected chi connectivity index (χ4v) is 9.67. The lowest BCUT2D eigenvalue weighted by Crippen LogP contribution is -2.10. The highest BCUT2D eigenvalue weighted by Gasteiger charge is 2.19. The largest absolute Gasteiger partial charge is 0.310 e. The van der Waals surface area contributed by atoms with Crippen molar-refractivity contribution in [1.82, 2.24) is 0 Å². The monoisotopic (exact) mass is 747 g/mol. The van der Waals surface area contributed by atoms with Crippen LogP contribution in [-0.4, -0.2) is 0 Å². The van der Waals surface area contributed by atoms with Crippen LogP contribution < -0.4 is 4.90 Å². The fourth-order valence-electron chi connectivity index (χ4n) is 9.67. The van der Waals surface area contributed by atoms with Gasteiger partial charge in [-0.1, -0.05) is 182 Å². The minimum Gasteiger partial charge on any atom is -0.310 e. The molecular weight excluding hydrogens is 711 g/mol. The number of hydrogen-bond donors (Lipinski definition) is 0. The first-order valence-electron chi connectivity index (χ1n) is 20.4. The molecule has 0 radical (unpaired) electrons. The molecule has 0 aliphatic rings. The Bertz CT molecular complexity index is 3430. The van der Waals surface area contributed by atoms with Crippen molar-refractivity contribution in [2.45, 2.75) is 0 Å². The predicted octanol–water partition coefficient (Wildman–Crippen LogP) is 16.5. The molecule has 0 atom stereocenters. The van der Waals surface area contributed by atoms with Crippen LogP contribution in [0, 0.1) is 0 Å². The molecule has 0 heterocycles. The summed E-state index contributed by atoms with van der Waals surface area (Å²) < 4.78 is 0. The van der Waals surface area contributed by atoms with Gasteiger partial charge in [0.2, 0.25) is 0 Å². The molecule has 12 aromatic carbocycles. The summed E-state index contributed by atoms with van der Waals surface area (Å²) >= 11 is 0. The number of hydrogen-bond acceptors (Lipinski definition) is 1. The molecule has 12 rings (SSSR count). The van der Waals surface area contributed by atoms with E-state index in [-0.39, 0.29) is 0 Å². The van der Waals surface area contributed by atoms with Crippen LogP contribution in [0.1, 0.15) is 0 Å². The van der Waals surface area contributed by atoms with Crippen LogP contribution in [0.25, 0.3) is 98.0 Å². The van der Waals surface area contributed by atoms with Crippen LogP contribution in [0.3, 0.4) is 0 Å². The van der Waals surface area contributed by atoms with Crippen molar-refractivity contribution in [3.63, 3.8) is 0 Å². The zero-order valence-electron chi connectivity index (χ0n) is 32.3. The smallest absolute Gasteiger partial charge is 0.0467 e. The van der Waals surface area contributed by atoms with Crippen molar-refractivity contribution in [3.8, 4) is 33.4 Å². The van der Waals surface area contributed by atoms with E-state index in [9.17, 15) is 0 Å². The van der Waals surface area contributed by atoms with E-state index >= 15 is 0 Å². The van der Waals surface area contributed by atoms with Gasteiger partial charge in [0.15, 0.2) is 0 Å². The minimum atomic E-state index is 1.10. The standard InChI is InChI=1S/C58H37N/c1-3-12-38(13-4-1)40-28-32-46(33-29-40)59(47-34-30-41(31-35-47)39-14-5-2-6-15-39)48-20-7-18-44(36-48)54-37-45-19-10-23-50-49-21-8-16-42-26-27-43-17-9-22-51(56(43)55(42)49)52-24-11-25-53(54)58(52)57(45)50/h1-37H. The first-order valence-corrected chi connectivity index (χ1v) is 20.4. The van der Waals surface area contributed by atoms with Gasteiger partial charge in [-0.25, -0.2) is 0 Å². The SMILES string of the molecule is c1ccc(-c2ccc(N(c3ccc(-c4ccccc4)cc3)c3cccc(-c4cc5cccc6c7cccc8ccc9cccc(c%10cccc4c%10c56)c9c87)c3)cc2)cc1. The third-order valence-corrected chi connectivity index (χ3v) is 12.3. The summed E-state index contributed by atoms with van der Waals surface area (Å²) in [5.41, 5.74) is 10.5. The van der Waals surface area contributed by atoms with Gasteiger partial charge in [0, 0.05) is 17.1 Å². The van der Waals surface area contributed by atoms with Gasteiger partial charge in [0.05, 0.1) is 0 Å². The quantitative estimate of drug-likeness (QED) is 0.153. The van der Waals surface area contributed by atoms with E-state index in [0.29, 0.717) is 0 Å². The van der Waals surface area contributed by atoms with Crippen LogP contribution in [-0.2, 0) is 0 Å². The Morgan fingerprint density at radius 1 is 0.220 bits per heavy atom. The summed E-state index contributed by atoms with van der Waals surface area (Å²) in [5.74, 6) is 0. The van der Waals surface area contributed by atoms with Crippen molar-refractivity contribution in [2.24, 2.45) is 0 Å². The Labute approximate surface area is 343 Å². The van der Waals surface area contributed by atoms with Gasteiger partial charge < -0.3 is 4.90 Å². The Morgan fingerprint density at radius 2 is 0.627 bits per heavy atom. The molecule has 274 valence electrons. The van der Waals surface area contributed by atoms with Gasteiger partial charge in [0.25, 0.3) is 0 Å². The highest BCUT2D eigenvalue weighted by atomic mass is 15.1. The second-order valence-electron chi connectivity index (χ2n) is 15.6. The molecule has 0 bridgehead atoms. The lowest BCUT2D eigenvalue weighted by atomic mass is 9.85. The van der Waals surface area contributed by atoms with Gasteiger partial charge in [-0.05, 0) is 140 Å². The molecule has 0 spiro atoms. The lowest BCUT2D eigenvalue weighted by molar-refractivity contribution is 1.28. The molecule has 0 amide bonds. The fraction of sp³-hybridized carbons (Fsp3) is 0. The Balaban J connectivity index is 1.09. The van der Waals surface area contributed by atoms with E-state index in [2.05, 4.69) is 229 Å². The molecular formula is C58H37N. The topological polar surface area (TPSA) is 3.24 Å². The lowest BCUT2D eigenvalue weighted by Gasteiger charge is -2.27. The number of rotatable bonds is 6. The normalized spacial score (nSPS) is 11.7. The van der Waals surface area contributed by atoms with Crippen molar-refractivity contribution in [1.29, 1.82) is 0 Å². The minimum absolute atomic E-state index is 1.10. The summed E-state index contributed by atoms with van der Waals surface area (Å²) in [7, 11) is 0.